The average molecular weight is 277 g/mol. The van der Waals surface area contributed by atoms with Crippen LogP contribution in [0.4, 0.5) is 0 Å². The van der Waals surface area contributed by atoms with Gasteiger partial charge in [0.2, 0.25) is 0 Å². The van der Waals surface area contributed by atoms with Gasteiger partial charge in [-0.3, -0.25) is 0 Å². The monoisotopic (exact) mass is 277 g/mol. The Hall–Kier alpha value is -1.53. The van der Waals surface area contributed by atoms with Crippen molar-refractivity contribution < 1.29 is 4.42 Å². The average Bonchev–Trinajstić information content (AvgIpc) is 3.08. The maximum absolute atomic E-state index is 5.06. The van der Waals surface area contributed by atoms with Crippen LogP contribution in [0.15, 0.2) is 45.9 Å². The van der Waals surface area contributed by atoms with Crippen molar-refractivity contribution in [2.24, 2.45) is 7.05 Å². The highest BCUT2D eigenvalue weighted by molar-refractivity contribution is 7.98. The van der Waals surface area contributed by atoms with Crippen molar-refractivity contribution in [2.75, 3.05) is 0 Å². The second-order valence-electron chi connectivity index (χ2n) is 3.77. The van der Waals surface area contributed by atoms with Gasteiger partial charge in [0.15, 0.2) is 5.16 Å². The molecule has 0 fully saturated rings. The maximum atomic E-state index is 5.06. The Morgan fingerprint density at radius 3 is 3.17 bits per heavy atom. The summed E-state index contributed by atoms with van der Waals surface area (Å²) in [5.74, 6) is 0.833. The van der Waals surface area contributed by atoms with E-state index in [0.717, 1.165) is 27.2 Å². The van der Waals surface area contributed by atoms with Crippen molar-refractivity contribution in [2.45, 2.75) is 10.9 Å². The van der Waals surface area contributed by atoms with Crippen LogP contribution in [0.3, 0.4) is 0 Å². The van der Waals surface area contributed by atoms with Crippen LogP contribution in [0.25, 0.3) is 10.6 Å². The minimum atomic E-state index is 0.833. The minimum Gasteiger partial charge on any atom is -0.472 e. The third-order valence-corrected chi connectivity index (χ3v) is 4.48. The smallest absolute Gasteiger partial charge is 0.168 e. The number of aromatic nitrogens is 3. The Labute approximate surface area is 113 Å². The highest BCUT2D eigenvalue weighted by Gasteiger charge is 2.07. The van der Waals surface area contributed by atoms with Gasteiger partial charge in [0, 0.05) is 36.1 Å². The van der Waals surface area contributed by atoms with E-state index in [2.05, 4.69) is 15.3 Å². The van der Waals surface area contributed by atoms with Crippen LogP contribution < -0.4 is 0 Å². The van der Waals surface area contributed by atoms with Gasteiger partial charge in [-0.25, -0.2) is 9.97 Å². The molecular formula is C12H11N3OS2. The lowest BCUT2D eigenvalue weighted by atomic mass is 10.4. The molecule has 0 amide bonds. The first-order chi connectivity index (χ1) is 8.83. The second-order valence-corrected chi connectivity index (χ2v) is 5.57. The lowest BCUT2D eigenvalue weighted by Crippen LogP contribution is -1.89. The van der Waals surface area contributed by atoms with Gasteiger partial charge in [0.1, 0.15) is 11.3 Å². The van der Waals surface area contributed by atoms with Crippen molar-refractivity contribution >= 4 is 23.1 Å². The van der Waals surface area contributed by atoms with Crippen molar-refractivity contribution in [3.05, 3.63) is 42.1 Å². The largest absolute Gasteiger partial charge is 0.472 e. The number of nitrogens with zero attached hydrogens (tertiary/aromatic N) is 3. The third kappa shape index (κ3) is 2.34. The summed E-state index contributed by atoms with van der Waals surface area (Å²) in [6, 6.07) is 1.93. The molecule has 0 N–H and O–H groups in total. The number of thiazole rings is 1. The molecule has 3 rings (SSSR count). The molecule has 3 heterocycles. The minimum absolute atomic E-state index is 0.833. The van der Waals surface area contributed by atoms with Gasteiger partial charge in [0.25, 0.3) is 0 Å². The standard InChI is InChI=1S/C12H11N3OS2/c1-15-4-3-13-12(15)18-8-10-7-17-11(14-10)9-2-5-16-6-9/h2-7H,8H2,1H3. The van der Waals surface area contributed by atoms with Gasteiger partial charge in [-0.05, 0) is 6.07 Å². The number of thioether (sulfide) groups is 1. The molecule has 0 saturated carbocycles. The summed E-state index contributed by atoms with van der Waals surface area (Å²) < 4.78 is 7.07. The lowest BCUT2D eigenvalue weighted by molar-refractivity contribution is 0.568. The van der Waals surface area contributed by atoms with E-state index in [1.54, 1.807) is 41.8 Å². The van der Waals surface area contributed by atoms with Crippen LogP contribution in [-0.2, 0) is 12.8 Å². The molecular weight excluding hydrogens is 266 g/mol. The Morgan fingerprint density at radius 1 is 1.50 bits per heavy atom. The first-order valence-corrected chi connectivity index (χ1v) is 7.26. The topological polar surface area (TPSA) is 43.9 Å². The number of rotatable bonds is 4. The van der Waals surface area contributed by atoms with Crippen molar-refractivity contribution in [3.63, 3.8) is 0 Å². The first kappa shape index (κ1) is 11.6. The molecule has 0 unspecified atom stereocenters. The van der Waals surface area contributed by atoms with E-state index in [4.69, 9.17) is 4.42 Å². The van der Waals surface area contributed by atoms with Crippen molar-refractivity contribution in [3.8, 4) is 10.6 Å². The van der Waals surface area contributed by atoms with Crippen LogP contribution in [-0.4, -0.2) is 14.5 Å². The molecule has 3 aromatic heterocycles. The predicted molar refractivity (Wildman–Crippen MR) is 72.6 cm³/mol. The van der Waals surface area contributed by atoms with E-state index in [1.807, 2.05) is 23.9 Å². The molecule has 0 aromatic carbocycles. The summed E-state index contributed by atoms with van der Waals surface area (Å²) in [4.78, 5) is 8.86. The van der Waals surface area contributed by atoms with E-state index in [-0.39, 0.29) is 0 Å². The number of hydrogen-bond acceptors (Lipinski definition) is 5. The van der Waals surface area contributed by atoms with Gasteiger partial charge in [0.05, 0.1) is 12.0 Å². The van der Waals surface area contributed by atoms with E-state index in [1.165, 1.54) is 0 Å². The zero-order valence-electron chi connectivity index (χ0n) is 9.74. The molecule has 4 nitrogen and oxygen atoms in total. The molecule has 0 aliphatic carbocycles. The molecule has 0 atom stereocenters. The van der Waals surface area contributed by atoms with Gasteiger partial charge in [-0.2, -0.15) is 0 Å². The lowest BCUT2D eigenvalue weighted by Gasteiger charge is -1.98. The van der Waals surface area contributed by atoms with E-state index >= 15 is 0 Å². The van der Waals surface area contributed by atoms with Crippen molar-refractivity contribution in [1.29, 1.82) is 0 Å². The summed E-state index contributed by atoms with van der Waals surface area (Å²) in [7, 11) is 1.99. The van der Waals surface area contributed by atoms with Gasteiger partial charge in [-0.1, -0.05) is 11.8 Å². The summed E-state index contributed by atoms with van der Waals surface area (Å²) in [5.41, 5.74) is 2.11. The number of furan rings is 1. The molecule has 6 heteroatoms. The Morgan fingerprint density at radius 2 is 2.44 bits per heavy atom. The zero-order valence-corrected chi connectivity index (χ0v) is 11.4. The quantitative estimate of drug-likeness (QED) is 0.685. The van der Waals surface area contributed by atoms with Crippen molar-refractivity contribution in [1.82, 2.24) is 14.5 Å². The maximum Gasteiger partial charge on any atom is 0.168 e. The number of imidazole rings is 1. The van der Waals surface area contributed by atoms with Crippen LogP contribution in [0.2, 0.25) is 0 Å². The number of hydrogen-bond donors (Lipinski definition) is 0. The normalized spacial score (nSPS) is 10.9. The highest BCUT2D eigenvalue weighted by Crippen LogP contribution is 2.27. The molecule has 3 aromatic rings. The molecule has 0 aliphatic heterocycles. The molecule has 0 spiro atoms. The molecule has 92 valence electrons. The van der Waals surface area contributed by atoms with Crippen LogP contribution >= 0.6 is 23.1 Å². The Bertz CT molecular complexity index is 627. The predicted octanol–water partition coefficient (Wildman–Crippen LogP) is 3.43. The van der Waals surface area contributed by atoms with Gasteiger partial charge in [-0.15, -0.1) is 11.3 Å². The first-order valence-electron chi connectivity index (χ1n) is 5.40. The zero-order chi connectivity index (χ0) is 12.4. The van der Waals surface area contributed by atoms with E-state index in [0.29, 0.717) is 0 Å². The molecule has 0 saturated heterocycles. The molecule has 18 heavy (non-hydrogen) atoms. The summed E-state index contributed by atoms with van der Waals surface area (Å²) in [6.07, 6.45) is 7.13. The summed E-state index contributed by atoms with van der Waals surface area (Å²) >= 11 is 3.33. The summed E-state index contributed by atoms with van der Waals surface area (Å²) in [6.45, 7) is 0. The Kier molecular flexibility index (Phi) is 3.21. The third-order valence-electron chi connectivity index (χ3n) is 2.45. The summed E-state index contributed by atoms with van der Waals surface area (Å²) in [5, 5.41) is 4.09. The highest BCUT2D eigenvalue weighted by atomic mass is 32.2. The molecule has 0 aliphatic rings. The number of aryl methyl sites for hydroxylation is 1. The molecule has 0 bridgehead atoms. The van der Waals surface area contributed by atoms with E-state index in [9.17, 15) is 0 Å². The second kappa shape index (κ2) is 4.99. The molecule has 0 radical (unpaired) electrons. The van der Waals surface area contributed by atoms with Gasteiger partial charge >= 0.3 is 0 Å². The fourth-order valence-corrected chi connectivity index (χ4v) is 3.26. The van der Waals surface area contributed by atoms with Crippen LogP contribution in [0.5, 0.6) is 0 Å². The Balaban J connectivity index is 1.69. The van der Waals surface area contributed by atoms with E-state index < -0.39 is 0 Å². The fourth-order valence-electron chi connectivity index (χ4n) is 1.52. The SMILES string of the molecule is Cn1ccnc1SCc1csc(-c2ccoc2)n1. The van der Waals surface area contributed by atoms with Gasteiger partial charge < -0.3 is 8.98 Å². The van der Waals surface area contributed by atoms with Crippen LogP contribution in [0, 0.1) is 0 Å². The fraction of sp³-hybridized carbons (Fsp3) is 0.167. The van der Waals surface area contributed by atoms with Crippen LogP contribution in [0.1, 0.15) is 5.69 Å².